The summed E-state index contributed by atoms with van der Waals surface area (Å²) in [5.41, 5.74) is 4.50. The number of furan rings is 3. The third-order valence-corrected chi connectivity index (χ3v) is 4.49. The maximum absolute atomic E-state index is 6.05. The fourth-order valence-electron chi connectivity index (χ4n) is 3.45. The van der Waals surface area contributed by atoms with Gasteiger partial charge >= 0.3 is 0 Å². The molecule has 4 heterocycles. The molecule has 0 radical (unpaired) electrons. The van der Waals surface area contributed by atoms with E-state index in [2.05, 4.69) is 47.3 Å². The van der Waals surface area contributed by atoms with Crippen LogP contribution in [0.15, 0.2) is 74.6 Å². The molecule has 0 bridgehead atoms. The van der Waals surface area contributed by atoms with Gasteiger partial charge in [0.05, 0.1) is 23.5 Å². The smallest absolute Gasteiger partial charge is 0.232 e. The molecule has 0 atom stereocenters. The first-order valence-corrected chi connectivity index (χ1v) is 8.89. The van der Waals surface area contributed by atoms with Crippen molar-refractivity contribution in [1.29, 1.82) is 0 Å². The Kier molecular flexibility index (Phi) is 3.76. The van der Waals surface area contributed by atoms with Crippen LogP contribution < -0.4 is 5.32 Å². The van der Waals surface area contributed by atoms with Crippen LogP contribution in [-0.4, -0.2) is 9.97 Å². The van der Waals surface area contributed by atoms with Gasteiger partial charge in [-0.3, -0.25) is 0 Å². The zero-order valence-electron chi connectivity index (χ0n) is 15.4. The first-order chi connectivity index (χ1) is 13.7. The molecule has 0 aliphatic carbocycles. The van der Waals surface area contributed by atoms with Gasteiger partial charge in [0, 0.05) is 5.69 Å². The number of fused-ring (bicyclic) bond motifs is 1. The van der Waals surface area contributed by atoms with Crippen molar-refractivity contribution in [2.75, 3.05) is 5.32 Å². The van der Waals surface area contributed by atoms with E-state index in [1.807, 2.05) is 24.3 Å². The number of hydrogen-bond donors (Lipinski definition) is 1. The largest absolute Gasteiger partial charge is 0.464 e. The van der Waals surface area contributed by atoms with Crippen molar-refractivity contribution in [1.82, 2.24) is 9.97 Å². The highest BCUT2D eigenvalue weighted by Crippen LogP contribution is 2.43. The van der Waals surface area contributed by atoms with Crippen LogP contribution in [0.1, 0.15) is 11.1 Å². The normalized spacial score (nSPS) is 11.2. The number of aromatic nitrogens is 2. The Balaban J connectivity index is 1.75. The summed E-state index contributed by atoms with van der Waals surface area (Å²) in [6, 6.07) is 13.6. The van der Waals surface area contributed by atoms with Crippen molar-refractivity contribution in [3.63, 3.8) is 0 Å². The van der Waals surface area contributed by atoms with E-state index < -0.39 is 0 Å². The summed E-state index contributed by atoms with van der Waals surface area (Å²) in [6.07, 6.45) is 4.71. The van der Waals surface area contributed by atoms with Crippen LogP contribution in [0.5, 0.6) is 0 Å². The van der Waals surface area contributed by atoms with E-state index in [1.54, 1.807) is 12.5 Å². The zero-order valence-corrected chi connectivity index (χ0v) is 15.4. The second-order valence-corrected chi connectivity index (χ2v) is 6.66. The first-order valence-electron chi connectivity index (χ1n) is 8.89. The molecule has 5 rings (SSSR count). The molecular formula is C22H17N3O3. The molecule has 4 aromatic heterocycles. The minimum atomic E-state index is 0.458. The fraction of sp³-hybridized carbons (Fsp3) is 0.0909. The topological polar surface area (TPSA) is 77.2 Å². The Morgan fingerprint density at radius 2 is 1.57 bits per heavy atom. The molecule has 6 heteroatoms. The van der Waals surface area contributed by atoms with Crippen LogP contribution in [0, 0.1) is 13.8 Å². The number of nitrogens with one attached hydrogen (secondary N) is 1. The third kappa shape index (κ3) is 2.75. The van der Waals surface area contributed by atoms with Gasteiger partial charge in [0.25, 0.3) is 0 Å². The van der Waals surface area contributed by atoms with Crippen molar-refractivity contribution in [3.05, 3.63) is 72.4 Å². The predicted octanol–water partition coefficient (Wildman–Crippen LogP) is 6.10. The van der Waals surface area contributed by atoms with Crippen molar-refractivity contribution in [2.45, 2.75) is 13.8 Å². The van der Waals surface area contributed by atoms with Gasteiger partial charge in [0.1, 0.15) is 17.9 Å². The molecule has 0 fully saturated rings. The van der Waals surface area contributed by atoms with Gasteiger partial charge in [-0.15, -0.1) is 0 Å². The number of hydrogen-bond acceptors (Lipinski definition) is 6. The number of rotatable bonds is 4. The molecule has 0 unspecified atom stereocenters. The molecule has 6 nitrogen and oxygen atoms in total. The minimum absolute atomic E-state index is 0.458. The number of aryl methyl sites for hydroxylation is 2. The lowest BCUT2D eigenvalue weighted by Gasteiger charge is -2.09. The highest BCUT2D eigenvalue weighted by molar-refractivity contribution is 6.05. The average Bonchev–Trinajstić information content (AvgIpc) is 3.40. The Morgan fingerprint density at radius 1 is 0.857 bits per heavy atom. The highest BCUT2D eigenvalue weighted by Gasteiger charge is 2.25. The maximum atomic E-state index is 6.05. The molecule has 138 valence electrons. The van der Waals surface area contributed by atoms with Crippen molar-refractivity contribution >= 4 is 22.6 Å². The summed E-state index contributed by atoms with van der Waals surface area (Å²) in [6.45, 7) is 4.13. The Labute approximate surface area is 160 Å². The van der Waals surface area contributed by atoms with Crippen molar-refractivity contribution in [2.24, 2.45) is 0 Å². The Bertz CT molecular complexity index is 1230. The van der Waals surface area contributed by atoms with Crippen LogP contribution in [-0.2, 0) is 0 Å². The van der Waals surface area contributed by atoms with E-state index >= 15 is 0 Å². The zero-order chi connectivity index (χ0) is 19.1. The van der Waals surface area contributed by atoms with Crippen molar-refractivity contribution < 1.29 is 13.3 Å². The number of nitrogens with zero attached hydrogens (tertiary/aromatic N) is 2. The molecule has 0 amide bonds. The molecule has 5 aromatic rings. The van der Waals surface area contributed by atoms with E-state index in [4.69, 9.17) is 13.3 Å². The summed E-state index contributed by atoms with van der Waals surface area (Å²) in [5, 5.41) is 4.15. The number of benzene rings is 1. The summed E-state index contributed by atoms with van der Waals surface area (Å²) in [5.74, 6) is 2.45. The monoisotopic (exact) mass is 371 g/mol. The molecule has 0 aliphatic heterocycles. The highest BCUT2D eigenvalue weighted by atomic mass is 16.4. The molecule has 1 N–H and O–H groups in total. The molecular weight excluding hydrogens is 354 g/mol. The molecule has 28 heavy (non-hydrogen) atoms. The third-order valence-electron chi connectivity index (χ3n) is 4.49. The fourth-order valence-corrected chi connectivity index (χ4v) is 3.45. The quantitative estimate of drug-likeness (QED) is 0.411. The van der Waals surface area contributed by atoms with Gasteiger partial charge in [0.15, 0.2) is 11.5 Å². The predicted molar refractivity (Wildman–Crippen MR) is 106 cm³/mol. The SMILES string of the molecule is Cc1cc(C)cc(Nc2ncnc3oc(-c4ccco4)c(-c4ccco4)c23)c1. The number of anilines is 2. The lowest BCUT2D eigenvalue weighted by molar-refractivity contribution is 0.536. The van der Waals surface area contributed by atoms with Gasteiger partial charge in [0.2, 0.25) is 5.71 Å². The second-order valence-electron chi connectivity index (χ2n) is 6.66. The van der Waals surface area contributed by atoms with Crippen LogP contribution in [0.3, 0.4) is 0 Å². The summed E-state index contributed by atoms with van der Waals surface area (Å²) < 4.78 is 17.3. The van der Waals surface area contributed by atoms with Gasteiger partial charge in [-0.05, 0) is 61.4 Å². The lowest BCUT2D eigenvalue weighted by Crippen LogP contribution is -1.96. The Morgan fingerprint density at radius 3 is 2.25 bits per heavy atom. The Hall–Kier alpha value is -3.80. The molecule has 0 saturated heterocycles. The van der Waals surface area contributed by atoms with Gasteiger partial charge in [-0.25, -0.2) is 9.97 Å². The van der Waals surface area contributed by atoms with Crippen LogP contribution in [0.4, 0.5) is 11.5 Å². The lowest BCUT2D eigenvalue weighted by atomic mass is 10.1. The van der Waals surface area contributed by atoms with Gasteiger partial charge < -0.3 is 18.6 Å². The van der Waals surface area contributed by atoms with Crippen LogP contribution in [0.25, 0.3) is 33.9 Å². The average molecular weight is 371 g/mol. The standard InChI is InChI=1S/C22H17N3O3/c1-13-9-14(2)11-15(10-13)25-21-19-18(16-5-3-7-26-16)20(17-6-4-8-27-17)28-22(19)24-12-23-21/h3-12H,1-2H3,(H,23,24,25). The summed E-state index contributed by atoms with van der Waals surface area (Å²) >= 11 is 0. The molecule has 0 aliphatic rings. The minimum Gasteiger partial charge on any atom is -0.464 e. The van der Waals surface area contributed by atoms with E-state index in [0.717, 1.165) is 16.6 Å². The van der Waals surface area contributed by atoms with E-state index in [0.29, 0.717) is 28.8 Å². The van der Waals surface area contributed by atoms with Crippen molar-refractivity contribution in [3.8, 4) is 22.8 Å². The molecule has 0 spiro atoms. The first kappa shape index (κ1) is 16.4. The van der Waals surface area contributed by atoms with E-state index in [-0.39, 0.29) is 0 Å². The second kappa shape index (κ2) is 6.42. The van der Waals surface area contributed by atoms with E-state index in [1.165, 1.54) is 17.5 Å². The molecule has 1 aromatic carbocycles. The molecule has 0 saturated carbocycles. The summed E-state index contributed by atoms with van der Waals surface area (Å²) in [4.78, 5) is 8.79. The van der Waals surface area contributed by atoms with Gasteiger partial charge in [-0.1, -0.05) is 6.07 Å². The van der Waals surface area contributed by atoms with Crippen LogP contribution >= 0.6 is 0 Å². The summed E-state index contributed by atoms with van der Waals surface area (Å²) in [7, 11) is 0. The van der Waals surface area contributed by atoms with Crippen LogP contribution in [0.2, 0.25) is 0 Å². The maximum Gasteiger partial charge on any atom is 0.232 e. The van der Waals surface area contributed by atoms with E-state index in [9.17, 15) is 0 Å². The van der Waals surface area contributed by atoms with Gasteiger partial charge in [-0.2, -0.15) is 0 Å².